The third-order valence-electron chi connectivity index (χ3n) is 6.66. The van der Waals surface area contributed by atoms with Crippen molar-refractivity contribution < 1.29 is 0 Å². The Morgan fingerprint density at radius 2 is 1.97 bits per heavy atom. The monoisotopic (exact) mass is 430 g/mol. The van der Waals surface area contributed by atoms with Crippen LogP contribution >= 0.6 is 0 Å². The first-order valence-electron chi connectivity index (χ1n) is 11.7. The van der Waals surface area contributed by atoms with E-state index in [1.807, 2.05) is 16.8 Å². The minimum atomic E-state index is 0.420. The number of nitrogens with one attached hydrogen (secondary N) is 3. The van der Waals surface area contributed by atoms with Crippen LogP contribution in [0.1, 0.15) is 62.2 Å². The van der Waals surface area contributed by atoms with Gasteiger partial charge in [0.1, 0.15) is 11.8 Å². The highest BCUT2D eigenvalue weighted by Gasteiger charge is 2.18. The summed E-state index contributed by atoms with van der Waals surface area (Å²) in [4.78, 5) is 4.50. The predicted octanol–water partition coefficient (Wildman–Crippen LogP) is 3.98. The zero-order valence-corrected chi connectivity index (χ0v) is 18.3. The molecule has 1 aliphatic heterocycles. The molecule has 1 saturated heterocycles. The highest BCUT2D eigenvalue weighted by molar-refractivity contribution is 5.96. The Balaban J connectivity index is 1.34. The molecule has 0 bridgehead atoms. The number of hydrogen-bond acceptors (Lipinski definition) is 7. The van der Waals surface area contributed by atoms with E-state index in [0.29, 0.717) is 24.2 Å². The summed E-state index contributed by atoms with van der Waals surface area (Å²) < 4.78 is 2.01. The lowest BCUT2D eigenvalue weighted by Crippen LogP contribution is -2.29. The standard InChI is InChI=1S/C24H30N8/c25-13-17-14-28-23-7-6-19(12-22(23)24(17)29-18-4-2-1-3-5-18)27-15-20-16-32(31-30-20)21-8-10-26-11-9-21/h6-7,12,14,16,18,21,26-27H,1-5,8-11,15H2,(H,28,29). The minimum absolute atomic E-state index is 0.420. The molecule has 1 saturated carbocycles. The van der Waals surface area contributed by atoms with Crippen LogP contribution in [0.5, 0.6) is 0 Å². The van der Waals surface area contributed by atoms with Crippen molar-refractivity contribution >= 4 is 22.3 Å². The lowest BCUT2D eigenvalue weighted by molar-refractivity contribution is 0.337. The number of hydrogen-bond donors (Lipinski definition) is 3. The molecule has 8 nitrogen and oxygen atoms in total. The number of benzene rings is 1. The molecule has 1 aromatic carbocycles. The van der Waals surface area contributed by atoms with Crippen molar-refractivity contribution in [1.82, 2.24) is 25.3 Å². The van der Waals surface area contributed by atoms with Gasteiger partial charge in [-0.2, -0.15) is 5.26 Å². The second kappa shape index (κ2) is 9.53. The maximum atomic E-state index is 9.67. The topological polar surface area (TPSA) is 103 Å². The number of piperidine rings is 1. The Kier molecular flexibility index (Phi) is 6.17. The van der Waals surface area contributed by atoms with Gasteiger partial charge in [-0.1, -0.05) is 24.5 Å². The van der Waals surface area contributed by atoms with Gasteiger partial charge in [0, 0.05) is 23.3 Å². The van der Waals surface area contributed by atoms with Crippen molar-refractivity contribution in [3.63, 3.8) is 0 Å². The second-order valence-corrected chi connectivity index (χ2v) is 8.89. The predicted molar refractivity (Wildman–Crippen MR) is 125 cm³/mol. The Labute approximate surface area is 188 Å². The smallest absolute Gasteiger partial charge is 0.103 e. The molecule has 32 heavy (non-hydrogen) atoms. The Bertz CT molecular complexity index is 1100. The van der Waals surface area contributed by atoms with E-state index in [9.17, 15) is 5.26 Å². The van der Waals surface area contributed by atoms with Gasteiger partial charge in [0.2, 0.25) is 0 Å². The summed E-state index contributed by atoms with van der Waals surface area (Å²) in [5, 5.41) is 29.9. The number of pyridine rings is 1. The van der Waals surface area contributed by atoms with Crippen molar-refractivity contribution in [3.05, 3.63) is 41.9 Å². The number of rotatable bonds is 6. The van der Waals surface area contributed by atoms with E-state index in [1.165, 1.54) is 19.3 Å². The molecule has 2 fully saturated rings. The zero-order chi connectivity index (χ0) is 21.8. The van der Waals surface area contributed by atoms with Gasteiger partial charge < -0.3 is 16.0 Å². The van der Waals surface area contributed by atoms with Crippen LogP contribution < -0.4 is 16.0 Å². The van der Waals surface area contributed by atoms with E-state index in [-0.39, 0.29) is 0 Å². The number of fused-ring (bicyclic) bond motifs is 1. The van der Waals surface area contributed by atoms with Gasteiger partial charge in [-0.25, -0.2) is 4.68 Å². The summed E-state index contributed by atoms with van der Waals surface area (Å²) in [6.45, 7) is 2.67. The molecule has 0 amide bonds. The van der Waals surface area contributed by atoms with Crippen LogP contribution in [-0.4, -0.2) is 39.1 Å². The third-order valence-corrected chi connectivity index (χ3v) is 6.66. The van der Waals surface area contributed by atoms with Crippen LogP contribution in [0.4, 0.5) is 11.4 Å². The van der Waals surface area contributed by atoms with Gasteiger partial charge in [0.25, 0.3) is 0 Å². The van der Waals surface area contributed by atoms with Crippen LogP contribution in [0, 0.1) is 11.3 Å². The van der Waals surface area contributed by atoms with E-state index in [1.54, 1.807) is 6.20 Å². The molecule has 3 N–H and O–H groups in total. The highest BCUT2D eigenvalue weighted by Crippen LogP contribution is 2.31. The molecule has 0 radical (unpaired) electrons. The Hall–Kier alpha value is -3.18. The SMILES string of the molecule is N#Cc1cnc2ccc(NCc3cn(C4CCNCC4)nn3)cc2c1NC1CCCCC1. The summed E-state index contributed by atoms with van der Waals surface area (Å²) in [6.07, 6.45) is 12.0. The van der Waals surface area contributed by atoms with Crippen molar-refractivity contribution in [2.24, 2.45) is 0 Å². The van der Waals surface area contributed by atoms with Gasteiger partial charge in [-0.05, 0) is 57.0 Å². The average Bonchev–Trinajstić information content (AvgIpc) is 3.33. The van der Waals surface area contributed by atoms with E-state index in [4.69, 9.17) is 0 Å². The second-order valence-electron chi connectivity index (χ2n) is 8.89. The molecule has 0 atom stereocenters. The number of aromatic nitrogens is 4. The fourth-order valence-corrected chi connectivity index (χ4v) is 4.83. The maximum Gasteiger partial charge on any atom is 0.103 e. The molecule has 3 aromatic rings. The molecular formula is C24H30N8. The molecule has 2 aromatic heterocycles. The molecule has 0 unspecified atom stereocenters. The van der Waals surface area contributed by atoms with E-state index >= 15 is 0 Å². The summed E-state index contributed by atoms with van der Waals surface area (Å²) in [5.74, 6) is 0. The van der Waals surface area contributed by atoms with Gasteiger partial charge in [-0.3, -0.25) is 4.98 Å². The molecule has 8 heteroatoms. The molecule has 1 aliphatic carbocycles. The van der Waals surface area contributed by atoms with Crippen molar-refractivity contribution in [1.29, 1.82) is 5.26 Å². The van der Waals surface area contributed by atoms with Gasteiger partial charge >= 0.3 is 0 Å². The van der Waals surface area contributed by atoms with Gasteiger partial charge in [-0.15, -0.1) is 5.10 Å². The van der Waals surface area contributed by atoms with Crippen LogP contribution in [0.3, 0.4) is 0 Å². The average molecular weight is 431 g/mol. The highest BCUT2D eigenvalue weighted by atomic mass is 15.4. The Morgan fingerprint density at radius 3 is 2.78 bits per heavy atom. The molecular weight excluding hydrogens is 400 g/mol. The van der Waals surface area contributed by atoms with Crippen molar-refractivity contribution in [2.75, 3.05) is 23.7 Å². The van der Waals surface area contributed by atoms with E-state index < -0.39 is 0 Å². The Morgan fingerprint density at radius 1 is 1.12 bits per heavy atom. The fourth-order valence-electron chi connectivity index (χ4n) is 4.83. The normalized spacial score (nSPS) is 17.8. The molecule has 3 heterocycles. The maximum absolute atomic E-state index is 9.67. The van der Waals surface area contributed by atoms with Gasteiger partial charge in [0.15, 0.2) is 0 Å². The lowest BCUT2D eigenvalue weighted by atomic mass is 9.95. The van der Waals surface area contributed by atoms with Crippen LogP contribution in [0.2, 0.25) is 0 Å². The first-order chi connectivity index (χ1) is 15.8. The lowest BCUT2D eigenvalue weighted by Gasteiger charge is -2.25. The first-order valence-corrected chi connectivity index (χ1v) is 11.7. The summed E-state index contributed by atoms with van der Waals surface area (Å²) >= 11 is 0. The van der Waals surface area contributed by atoms with Gasteiger partial charge in [0.05, 0.1) is 35.6 Å². The summed E-state index contributed by atoms with van der Waals surface area (Å²) in [6, 6.07) is 9.30. The molecule has 5 rings (SSSR count). The summed E-state index contributed by atoms with van der Waals surface area (Å²) in [7, 11) is 0. The quantitative estimate of drug-likeness (QED) is 0.543. The number of anilines is 2. The van der Waals surface area contributed by atoms with Crippen LogP contribution in [-0.2, 0) is 6.54 Å². The number of nitriles is 1. The van der Waals surface area contributed by atoms with Crippen LogP contribution in [0.25, 0.3) is 10.9 Å². The molecule has 0 spiro atoms. The van der Waals surface area contributed by atoms with E-state index in [2.05, 4.69) is 49.6 Å². The van der Waals surface area contributed by atoms with Crippen molar-refractivity contribution in [2.45, 2.75) is 63.6 Å². The fraction of sp³-hybridized carbons (Fsp3) is 0.500. The molecule has 2 aliphatic rings. The molecule has 166 valence electrons. The number of nitrogens with zero attached hydrogens (tertiary/aromatic N) is 5. The summed E-state index contributed by atoms with van der Waals surface area (Å²) in [5.41, 5.74) is 4.31. The van der Waals surface area contributed by atoms with Crippen molar-refractivity contribution in [3.8, 4) is 6.07 Å². The van der Waals surface area contributed by atoms with E-state index in [0.717, 1.165) is 66.7 Å². The zero-order valence-electron chi connectivity index (χ0n) is 18.3. The first kappa shape index (κ1) is 20.7. The largest absolute Gasteiger partial charge is 0.381 e. The minimum Gasteiger partial charge on any atom is -0.381 e. The van der Waals surface area contributed by atoms with Crippen LogP contribution in [0.15, 0.2) is 30.6 Å². The third kappa shape index (κ3) is 4.53.